The average Bonchev–Trinajstić information content (AvgIpc) is 2.16. The van der Waals surface area contributed by atoms with Crippen molar-refractivity contribution in [1.29, 1.82) is 0 Å². The fourth-order valence-electron chi connectivity index (χ4n) is 0.927. The highest BCUT2D eigenvalue weighted by molar-refractivity contribution is 4.77. The zero-order valence-corrected chi connectivity index (χ0v) is 5.46. The van der Waals surface area contributed by atoms with Gasteiger partial charge in [-0.2, -0.15) is 0 Å². The van der Waals surface area contributed by atoms with E-state index in [2.05, 4.69) is 14.0 Å². The molecular formula is C6H13N2+. The summed E-state index contributed by atoms with van der Waals surface area (Å²) < 4.78 is 1.02. The van der Waals surface area contributed by atoms with Gasteiger partial charge in [-0.3, -0.25) is 4.48 Å². The lowest BCUT2D eigenvalue weighted by atomic mass is 10.6. The van der Waals surface area contributed by atoms with E-state index >= 15 is 0 Å². The minimum atomic E-state index is 0.787. The number of hydrogen-bond acceptors (Lipinski definition) is 1. The molecule has 0 bridgehead atoms. The minimum absolute atomic E-state index is 0.787. The van der Waals surface area contributed by atoms with Gasteiger partial charge >= 0.3 is 0 Å². The Labute approximate surface area is 50.2 Å². The van der Waals surface area contributed by atoms with Gasteiger partial charge in [-0.25, -0.2) is 0 Å². The minimum Gasteiger partial charge on any atom is -0.400 e. The van der Waals surface area contributed by atoms with E-state index < -0.39 is 0 Å². The number of likely N-dealkylation sites (N-methyl/N-ethyl adjacent to an activating group) is 1. The summed E-state index contributed by atoms with van der Waals surface area (Å²) in [6.07, 6.45) is 3.66. The molecule has 2 atom stereocenters. The summed E-state index contributed by atoms with van der Waals surface area (Å²) >= 11 is 0. The normalized spacial score (nSPS) is 45.5. The number of rotatable bonds is 1. The van der Waals surface area contributed by atoms with Crippen molar-refractivity contribution >= 4 is 0 Å². The molecule has 0 aromatic heterocycles. The third-order valence-corrected chi connectivity index (χ3v) is 1.96. The van der Waals surface area contributed by atoms with Crippen molar-refractivity contribution in [2.24, 2.45) is 5.73 Å². The molecule has 46 valence electrons. The van der Waals surface area contributed by atoms with Crippen LogP contribution in [-0.2, 0) is 0 Å². The number of quaternary nitrogens is 1. The molecule has 2 N–H and O–H groups in total. The van der Waals surface area contributed by atoms with Gasteiger partial charge in [-0.05, 0) is 6.92 Å². The summed E-state index contributed by atoms with van der Waals surface area (Å²) in [5.74, 6) is 0. The van der Waals surface area contributed by atoms with Crippen LogP contribution < -0.4 is 5.73 Å². The molecule has 1 saturated heterocycles. The number of nitrogens with two attached hydrogens (primary N) is 1. The molecule has 2 nitrogen and oxygen atoms in total. The van der Waals surface area contributed by atoms with Crippen molar-refractivity contribution in [2.45, 2.75) is 13.0 Å². The molecule has 8 heavy (non-hydrogen) atoms. The fourth-order valence-corrected chi connectivity index (χ4v) is 0.927. The smallest absolute Gasteiger partial charge is 0.140 e. The molecule has 0 amide bonds. The van der Waals surface area contributed by atoms with Crippen molar-refractivity contribution in [3.8, 4) is 0 Å². The van der Waals surface area contributed by atoms with E-state index in [0.717, 1.165) is 10.5 Å². The van der Waals surface area contributed by atoms with Gasteiger partial charge in [0, 0.05) is 6.20 Å². The van der Waals surface area contributed by atoms with Crippen molar-refractivity contribution in [1.82, 2.24) is 0 Å². The first-order chi connectivity index (χ1) is 3.69. The zero-order chi connectivity index (χ0) is 6.20. The Hall–Kier alpha value is -0.500. The van der Waals surface area contributed by atoms with Gasteiger partial charge < -0.3 is 5.73 Å². The van der Waals surface area contributed by atoms with Crippen molar-refractivity contribution in [3.63, 3.8) is 0 Å². The SMILES string of the molecule is C[C@@H]1C[N+]1(C)/C=C\N. The number of nitrogens with zero attached hydrogens (tertiary/aromatic N) is 1. The van der Waals surface area contributed by atoms with Crippen LogP contribution in [0, 0.1) is 0 Å². The van der Waals surface area contributed by atoms with Crippen LogP contribution in [0.25, 0.3) is 0 Å². The van der Waals surface area contributed by atoms with E-state index in [1.165, 1.54) is 6.54 Å². The van der Waals surface area contributed by atoms with Crippen LogP contribution in [-0.4, -0.2) is 24.1 Å². The molecule has 1 aliphatic rings. The second kappa shape index (κ2) is 1.49. The Kier molecular flexibility index (Phi) is 1.05. The van der Waals surface area contributed by atoms with E-state index in [4.69, 9.17) is 5.73 Å². The first-order valence-electron chi connectivity index (χ1n) is 2.93. The largest absolute Gasteiger partial charge is 0.400 e. The summed E-state index contributed by atoms with van der Waals surface area (Å²) in [4.78, 5) is 0. The lowest BCUT2D eigenvalue weighted by Gasteiger charge is -2.02. The third-order valence-electron chi connectivity index (χ3n) is 1.96. The Balaban J connectivity index is 2.47. The molecule has 1 aliphatic heterocycles. The number of hydrogen-bond donors (Lipinski definition) is 1. The van der Waals surface area contributed by atoms with E-state index in [1.807, 2.05) is 6.20 Å². The Bertz CT molecular complexity index is 120. The van der Waals surface area contributed by atoms with Crippen molar-refractivity contribution < 1.29 is 4.48 Å². The third kappa shape index (κ3) is 0.713. The van der Waals surface area contributed by atoms with Crippen LogP contribution in [0.5, 0.6) is 0 Å². The van der Waals surface area contributed by atoms with Gasteiger partial charge in [0.25, 0.3) is 0 Å². The highest BCUT2D eigenvalue weighted by Gasteiger charge is 2.45. The lowest BCUT2D eigenvalue weighted by molar-refractivity contribution is -0.733. The molecule has 1 unspecified atom stereocenters. The molecule has 0 aromatic rings. The molecule has 0 radical (unpaired) electrons. The average molecular weight is 113 g/mol. The van der Waals surface area contributed by atoms with Crippen LogP contribution in [0.2, 0.25) is 0 Å². The van der Waals surface area contributed by atoms with Gasteiger partial charge in [0.2, 0.25) is 0 Å². The molecule has 0 aromatic carbocycles. The van der Waals surface area contributed by atoms with Crippen LogP contribution in [0.3, 0.4) is 0 Å². The maximum Gasteiger partial charge on any atom is 0.140 e. The molecule has 1 rings (SSSR count). The van der Waals surface area contributed by atoms with Gasteiger partial charge in [-0.15, -0.1) is 0 Å². The van der Waals surface area contributed by atoms with Gasteiger partial charge in [0.05, 0.1) is 7.05 Å². The fraction of sp³-hybridized carbons (Fsp3) is 0.667. The van der Waals surface area contributed by atoms with Gasteiger partial charge in [0.15, 0.2) is 0 Å². The molecule has 2 heteroatoms. The van der Waals surface area contributed by atoms with Crippen LogP contribution >= 0.6 is 0 Å². The predicted molar refractivity (Wildman–Crippen MR) is 33.8 cm³/mol. The molecule has 1 fully saturated rings. The van der Waals surface area contributed by atoms with E-state index in [-0.39, 0.29) is 0 Å². The van der Waals surface area contributed by atoms with E-state index in [9.17, 15) is 0 Å². The first kappa shape index (κ1) is 5.63. The summed E-state index contributed by atoms with van der Waals surface area (Å²) in [5.41, 5.74) is 5.22. The van der Waals surface area contributed by atoms with Gasteiger partial charge in [-0.1, -0.05) is 0 Å². The van der Waals surface area contributed by atoms with Crippen LogP contribution in [0.1, 0.15) is 6.92 Å². The predicted octanol–water partition coefficient (Wildman–Crippen LogP) is 0.265. The van der Waals surface area contributed by atoms with Crippen molar-refractivity contribution in [2.75, 3.05) is 13.6 Å². The molecule has 1 heterocycles. The van der Waals surface area contributed by atoms with Crippen LogP contribution in [0.15, 0.2) is 12.4 Å². The quantitative estimate of drug-likeness (QED) is 0.383. The van der Waals surface area contributed by atoms with E-state index in [0.29, 0.717) is 0 Å². The summed E-state index contributed by atoms with van der Waals surface area (Å²) in [7, 11) is 2.17. The van der Waals surface area contributed by atoms with Crippen molar-refractivity contribution in [3.05, 3.63) is 12.4 Å². The molecule has 0 aliphatic carbocycles. The van der Waals surface area contributed by atoms with Gasteiger partial charge in [0.1, 0.15) is 18.8 Å². The Morgan fingerprint density at radius 1 is 1.75 bits per heavy atom. The topological polar surface area (TPSA) is 26.0 Å². The maximum absolute atomic E-state index is 5.22. The second-order valence-corrected chi connectivity index (χ2v) is 2.72. The summed E-state index contributed by atoms with van der Waals surface area (Å²) in [5, 5.41) is 0. The second-order valence-electron chi connectivity index (χ2n) is 2.72. The maximum atomic E-state index is 5.22. The zero-order valence-electron chi connectivity index (χ0n) is 5.46. The monoisotopic (exact) mass is 113 g/mol. The Morgan fingerprint density at radius 3 is 2.38 bits per heavy atom. The highest BCUT2D eigenvalue weighted by atomic mass is 15.5. The standard InChI is InChI=1S/C6H13N2/c1-6-5-8(6,2)4-3-7/h3-4,6H,5,7H2,1-2H3/q+1/b4-3-/t6-,8?/m1/s1. The summed E-state index contributed by atoms with van der Waals surface area (Å²) in [6, 6.07) is 0.787. The lowest BCUT2D eigenvalue weighted by Crippen LogP contribution is -2.13. The van der Waals surface area contributed by atoms with Crippen LogP contribution in [0.4, 0.5) is 0 Å². The molecule has 0 saturated carbocycles. The molecular weight excluding hydrogens is 100 g/mol. The Morgan fingerprint density at radius 2 is 2.25 bits per heavy atom. The summed E-state index contributed by atoms with van der Waals surface area (Å²) in [6.45, 7) is 3.47. The van der Waals surface area contributed by atoms with E-state index in [1.54, 1.807) is 6.20 Å². The highest BCUT2D eigenvalue weighted by Crippen LogP contribution is 2.26. The molecule has 0 spiro atoms. The first-order valence-corrected chi connectivity index (χ1v) is 2.93.